The molecule has 1 nitrogen and oxygen atoms in total. The van der Waals surface area contributed by atoms with Crippen LogP contribution in [0.2, 0.25) is 0 Å². The van der Waals surface area contributed by atoms with Gasteiger partial charge < -0.3 is 4.90 Å². The summed E-state index contributed by atoms with van der Waals surface area (Å²) in [6, 6.07) is 31.3. The maximum Gasteiger partial charge on any atom is 0.0461 e. The Morgan fingerprint density at radius 1 is 0.370 bits per heavy atom. The van der Waals surface area contributed by atoms with Crippen LogP contribution < -0.4 is 4.90 Å². The first-order valence-corrected chi connectivity index (χ1v) is 9.40. The molecule has 0 N–H and O–H groups in total. The predicted molar refractivity (Wildman–Crippen MR) is 129 cm³/mol. The molecule has 0 saturated carbocycles. The van der Waals surface area contributed by atoms with Crippen LogP contribution >= 0.6 is 0 Å². The predicted octanol–water partition coefficient (Wildman–Crippen LogP) is 9.51. The van der Waals surface area contributed by atoms with Crippen LogP contribution in [0.5, 0.6) is 0 Å². The van der Waals surface area contributed by atoms with Crippen LogP contribution in [0.1, 0.15) is 56.4 Å². The van der Waals surface area contributed by atoms with Gasteiger partial charge in [-0.15, -0.1) is 0 Å². The van der Waals surface area contributed by atoms with Gasteiger partial charge >= 0.3 is 0 Å². The highest BCUT2D eigenvalue weighted by atomic mass is 15.1. The Morgan fingerprint density at radius 2 is 0.556 bits per heavy atom. The van der Waals surface area contributed by atoms with E-state index >= 15 is 0 Å². The van der Waals surface area contributed by atoms with Crippen LogP contribution in [0, 0.1) is 0 Å². The van der Waals surface area contributed by atoms with Crippen molar-refractivity contribution >= 4 is 17.1 Å². The molecule has 0 aliphatic rings. The zero-order valence-electron chi connectivity index (χ0n) is 16.6. The molecule has 0 heterocycles. The molecule has 0 atom stereocenters. The van der Waals surface area contributed by atoms with E-state index in [1.165, 1.54) is 17.1 Å². The Kier molecular flexibility index (Phi) is 21.4. The molecule has 0 aliphatic carbocycles. The van der Waals surface area contributed by atoms with E-state index in [0.717, 1.165) is 0 Å². The molecule has 3 aromatic rings. The van der Waals surface area contributed by atoms with Gasteiger partial charge in [0.2, 0.25) is 0 Å². The molecule has 0 bridgehead atoms. The second kappa shape index (κ2) is 19.8. The highest BCUT2D eigenvalue weighted by Gasteiger charge is 2.10. The number of nitrogens with zero attached hydrogens (tertiary/aromatic N) is 1. The fraction of sp³-hybridized carbons (Fsp3) is 0.308. The van der Waals surface area contributed by atoms with Gasteiger partial charge in [0.05, 0.1) is 0 Å². The van der Waals surface area contributed by atoms with Crippen LogP contribution in [0.3, 0.4) is 0 Å². The smallest absolute Gasteiger partial charge is 0.0461 e. The van der Waals surface area contributed by atoms with Gasteiger partial charge in [-0.3, -0.25) is 0 Å². The number of benzene rings is 3. The standard InChI is InChI=1S/C18H15N.3C2H6.2CH4/c1-4-10-16(11-5-1)19(17-12-6-2-7-13-17)18-14-8-3-9-15-18;3*1-2;;/h1-15H;3*1-2H3;2*1H4. The topological polar surface area (TPSA) is 3.24 Å². The van der Waals surface area contributed by atoms with Crippen LogP contribution in [0.4, 0.5) is 17.1 Å². The summed E-state index contributed by atoms with van der Waals surface area (Å²) in [6.07, 6.45) is 0. The van der Waals surface area contributed by atoms with Crippen molar-refractivity contribution in [3.05, 3.63) is 91.0 Å². The summed E-state index contributed by atoms with van der Waals surface area (Å²) in [6.45, 7) is 12.0. The number of hydrogen-bond donors (Lipinski definition) is 0. The van der Waals surface area contributed by atoms with Gasteiger partial charge in [-0.05, 0) is 36.4 Å². The number of rotatable bonds is 3. The van der Waals surface area contributed by atoms with Gasteiger partial charge in [-0.25, -0.2) is 0 Å². The summed E-state index contributed by atoms with van der Waals surface area (Å²) < 4.78 is 0. The summed E-state index contributed by atoms with van der Waals surface area (Å²) in [4.78, 5) is 2.25. The van der Waals surface area contributed by atoms with E-state index in [-0.39, 0.29) is 14.9 Å². The Hall–Kier alpha value is -2.54. The van der Waals surface area contributed by atoms with Crippen molar-refractivity contribution in [2.75, 3.05) is 4.90 Å². The molecule has 0 fully saturated rings. The molecule has 0 aliphatic heterocycles. The third-order valence-electron chi connectivity index (χ3n) is 3.04. The van der Waals surface area contributed by atoms with E-state index < -0.39 is 0 Å². The first kappa shape index (κ1) is 29.2. The average molecular weight is 368 g/mol. The maximum absolute atomic E-state index is 2.25. The summed E-state index contributed by atoms with van der Waals surface area (Å²) in [5.41, 5.74) is 3.50. The van der Waals surface area contributed by atoms with Crippen molar-refractivity contribution in [2.24, 2.45) is 0 Å². The molecule has 27 heavy (non-hydrogen) atoms. The Morgan fingerprint density at radius 3 is 0.741 bits per heavy atom. The minimum atomic E-state index is 0. The highest BCUT2D eigenvalue weighted by molar-refractivity contribution is 5.76. The molecule has 3 rings (SSSR count). The van der Waals surface area contributed by atoms with E-state index in [9.17, 15) is 0 Å². The maximum atomic E-state index is 2.25. The second-order valence-corrected chi connectivity index (χ2v) is 4.34. The monoisotopic (exact) mass is 367 g/mol. The van der Waals surface area contributed by atoms with Gasteiger partial charge in [-0.1, -0.05) is 111 Å². The zero-order chi connectivity index (χ0) is 18.9. The Labute approximate surface area is 169 Å². The molecule has 0 saturated heterocycles. The van der Waals surface area contributed by atoms with Crippen LogP contribution in [0.25, 0.3) is 0 Å². The molecule has 3 aromatic carbocycles. The van der Waals surface area contributed by atoms with Gasteiger partial charge in [0.25, 0.3) is 0 Å². The first-order valence-electron chi connectivity index (χ1n) is 9.40. The van der Waals surface area contributed by atoms with E-state index in [1.807, 2.05) is 59.7 Å². The number of hydrogen-bond acceptors (Lipinski definition) is 1. The Bertz CT molecular complexity index is 524. The molecule has 0 aromatic heterocycles. The quantitative estimate of drug-likeness (QED) is 0.445. The molecular weight excluding hydrogens is 326 g/mol. The van der Waals surface area contributed by atoms with E-state index in [1.54, 1.807) is 0 Å². The lowest BCUT2D eigenvalue weighted by atomic mass is 10.2. The van der Waals surface area contributed by atoms with Crippen molar-refractivity contribution in [1.29, 1.82) is 0 Å². The summed E-state index contributed by atoms with van der Waals surface area (Å²) in [7, 11) is 0. The zero-order valence-corrected chi connectivity index (χ0v) is 16.6. The van der Waals surface area contributed by atoms with Gasteiger partial charge in [0.1, 0.15) is 0 Å². The largest absolute Gasteiger partial charge is 0.311 e. The normalized spacial score (nSPS) is 7.78. The fourth-order valence-corrected chi connectivity index (χ4v) is 2.18. The number of anilines is 3. The average Bonchev–Trinajstić information content (AvgIpc) is 2.75. The first-order chi connectivity index (χ1) is 12.4. The van der Waals surface area contributed by atoms with Crippen LogP contribution in [-0.4, -0.2) is 0 Å². The minimum absolute atomic E-state index is 0. The minimum Gasteiger partial charge on any atom is -0.311 e. The highest BCUT2D eigenvalue weighted by Crippen LogP contribution is 2.33. The third-order valence-corrected chi connectivity index (χ3v) is 3.04. The molecule has 0 radical (unpaired) electrons. The van der Waals surface area contributed by atoms with Crippen molar-refractivity contribution in [2.45, 2.75) is 56.4 Å². The van der Waals surface area contributed by atoms with Gasteiger partial charge in [-0.2, -0.15) is 0 Å². The van der Waals surface area contributed by atoms with E-state index in [0.29, 0.717) is 0 Å². The molecule has 1 heteroatoms. The molecule has 0 spiro atoms. The molecule has 150 valence electrons. The summed E-state index contributed by atoms with van der Waals surface area (Å²) in [5.74, 6) is 0. The molecule has 0 amide bonds. The summed E-state index contributed by atoms with van der Waals surface area (Å²) in [5, 5.41) is 0. The van der Waals surface area contributed by atoms with Crippen LogP contribution in [0.15, 0.2) is 91.0 Å². The van der Waals surface area contributed by atoms with Crippen molar-refractivity contribution in [3.63, 3.8) is 0 Å². The fourth-order valence-electron chi connectivity index (χ4n) is 2.18. The van der Waals surface area contributed by atoms with Crippen molar-refractivity contribution in [3.8, 4) is 0 Å². The lowest BCUT2D eigenvalue weighted by Gasteiger charge is -2.25. The van der Waals surface area contributed by atoms with E-state index in [2.05, 4.69) is 77.7 Å². The van der Waals surface area contributed by atoms with Crippen LogP contribution in [-0.2, 0) is 0 Å². The number of para-hydroxylation sites is 3. The lowest BCUT2D eigenvalue weighted by Crippen LogP contribution is -2.09. The Balaban J connectivity index is -0.000000659. The lowest BCUT2D eigenvalue weighted by molar-refractivity contribution is 1.28. The van der Waals surface area contributed by atoms with Crippen molar-refractivity contribution < 1.29 is 0 Å². The summed E-state index contributed by atoms with van der Waals surface area (Å²) >= 11 is 0. The van der Waals surface area contributed by atoms with Crippen molar-refractivity contribution in [1.82, 2.24) is 0 Å². The SMILES string of the molecule is C.C.CC.CC.CC.c1ccc(N(c2ccccc2)c2ccccc2)cc1. The second-order valence-electron chi connectivity index (χ2n) is 4.34. The van der Waals surface area contributed by atoms with Gasteiger partial charge in [0, 0.05) is 17.1 Å². The van der Waals surface area contributed by atoms with E-state index in [4.69, 9.17) is 0 Å². The third kappa shape index (κ3) is 9.65. The molecule has 0 unspecified atom stereocenters. The van der Waals surface area contributed by atoms with Gasteiger partial charge in [0.15, 0.2) is 0 Å². The molecular formula is C26H41N.